The summed E-state index contributed by atoms with van der Waals surface area (Å²) in [5.74, 6) is -0.319. The number of carbonyl (C=O) groups excluding carboxylic acids is 1. The van der Waals surface area contributed by atoms with Crippen LogP contribution in [-0.4, -0.2) is 10.9 Å². The topological polar surface area (TPSA) is 65.8 Å². The molecule has 28 heavy (non-hydrogen) atoms. The molecule has 0 bridgehead atoms. The number of hydrogen-bond acceptors (Lipinski definition) is 3. The number of benzene rings is 2. The highest BCUT2D eigenvalue weighted by Crippen LogP contribution is 2.29. The maximum Gasteiger partial charge on any atom is 0.252 e. The zero-order chi connectivity index (χ0) is 20.3. The molecule has 0 aliphatic rings. The van der Waals surface area contributed by atoms with E-state index in [0.29, 0.717) is 31.9 Å². The fourth-order valence-electron chi connectivity index (χ4n) is 2.75. The molecule has 1 atom stereocenters. The van der Waals surface area contributed by atoms with Gasteiger partial charge >= 0.3 is 0 Å². The van der Waals surface area contributed by atoms with Gasteiger partial charge in [0, 0.05) is 16.8 Å². The van der Waals surface area contributed by atoms with Crippen LogP contribution in [0.1, 0.15) is 38.8 Å². The van der Waals surface area contributed by atoms with Crippen molar-refractivity contribution in [2.75, 3.05) is 0 Å². The van der Waals surface area contributed by atoms with Crippen molar-refractivity contribution in [2.24, 2.45) is 0 Å². The molecule has 0 saturated carbocycles. The lowest BCUT2D eigenvalue weighted by atomic mass is 10.0. The Hall–Kier alpha value is -2.58. The second kappa shape index (κ2) is 8.62. The van der Waals surface area contributed by atoms with Gasteiger partial charge in [0.15, 0.2) is 0 Å². The Balaban J connectivity index is 1.99. The van der Waals surface area contributed by atoms with Crippen LogP contribution in [0.3, 0.4) is 0 Å². The van der Waals surface area contributed by atoms with E-state index >= 15 is 0 Å². The lowest BCUT2D eigenvalue weighted by Crippen LogP contribution is -2.30. The van der Waals surface area contributed by atoms with Crippen LogP contribution in [-0.2, 0) is 0 Å². The van der Waals surface area contributed by atoms with Crippen molar-refractivity contribution < 1.29 is 4.79 Å². The van der Waals surface area contributed by atoms with Crippen LogP contribution < -0.4 is 5.32 Å². The third-order valence-electron chi connectivity index (χ3n) is 4.20. The third kappa shape index (κ3) is 4.45. The van der Waals surface area contributed by atoms with E-state index in [-0.39, 0.29) is 5.91 Å². The molecule has 1 heterocycles. The van der Waals surface area contributed by atoms with Gasteiger partial charge in [-0.1, -0.05) is 46.9 Å². The van der Waals surface area contributed by atoms with Crippen LogP contribution in [0.2, 0.25) is 15.1 Å². The van der Waals surface area contributed by atoms with Crippen molar-refractivity contribution in [3.8, 4) is 6.07 Å². The third-order valence-corrected chi connectivity index (χ3v) is 4.96. The Labute approximate surface area is 177 Å². The molecule has 0 fully saturated rings. The number of aryl methyl sites for hydroxylation is 1. The summed E-state index contributed by atoms with van der Waals surface area (Å²) in [6.45, 7) is 1.78. The average Bonchev–Trinajstić information content (AvgIpc) is 2.67. The number of amides is 1. The van der Waals surface area contributed by atoms with Gasteiger partial charge in [-0.25, -0.2) is 0 Å². The predicted molar refractivity (Wildman–Crippen MR) is 111 cm³/mol. The van der Waals surface area contributed by atoms with Gasteiger partial charge in [-0.15, -0.1) is 0 Å². The number of pyridine rings is 1. The summed E-state index contributed by atoms with van der Waals surface area (Å²) >= 11 is 18.3. The normalized spacial score (nSPS) is 11.5. The fraction of sp³-hybridized carbons (Fsp3) is 0.0952. The molecule has 0 saturated heterocycles. The number of carbonyl (C=O) groups is 1. The van der Waals surface area contributed by atoms with Crippen LogP contribution in [0.15, 0.2) is 54.7 Å². The van der Waals surface area contributed by atoms with Gasteiger partial charge in [-0.3, -0.25) is 9.78 Å². The van der Waals surface area contributed by atoms with Gasteiger partial charge < -0.3 is 5.32 Å². The molecule has 3 rings (SSSR count). The van der Waals surface area contributed by atoms with Crippen molar-refractivity contribution in [2.45, 2.75) is 13.0 Å². The van der Waals surface area contributed by atoms with Crippen molar-refractivity contribution in [1.29, 1.82) is 5.26 Å². The molecule has 0 aliphatic heterocycles. The Morgan fingerprint density at radius 1 is 1.07 bits per heavy atom. The molecule has 2 aromatic carbocycles. The van der Waals surface area contributed by atoms with E-state index in [0.717, 1.165) is 11.1 Å². The Morgan fingerprint density at radius 3 is 2.39 bits per heavy atom. The average molecular weight is 431 g/mol. The first-order chi connectivity index (χ1) is 13.4. The number of nitriles is 1. The molecule has 0 spiro atoms. The lowest BCUT2D eigenvalue weighted by molar-refractivity contribution is 0.0942. The minimum atomic E-state index is -0.606. The quantitative estimate of drug-likeness (QED) is 0.574. The van der Waals surface area contributed by atoms with E-state index in [1.54, 1.807) is 55.5 Å². The lowest BCUT2D eigenvalue weighted by Gasteiger charge is -2.20. The molecule has 0 radical (unpaired) electrons. The maximum atomic E-state index is 12.9. The largest absolute Gasteiger partial charge is 0.339 e. The number of rotatable bonds is 4. The van der Waals surface area contributed by atoms with E-state index in [2.05, 4.69) is 16.4 Å². The highest BCUT2D eigenvalue weighted by molar-refractivity contribution is 6.34. The summed E-state index contributed by atoms with van der Waals surface area (Å²) in [6, 6.07) is 15.0. The van der Waals surface area contributed by atoms with E-state index in [4.69, 9.17) is 40.1 Å². The van der Waals surface area contributed by atoms with Crippen molar-refractivity contribution in [1.82, 2.24) is 10.3 Å². The highest BCUT2D eigenvalue weighted by Gasteiger charge is 2.22. The molecule has 1 unspecified atom stereocenters. The molecular weight excluding hydrogens is 417 g/mol. The molecule has 4 nitrogen and oxygen atoms in total. The van der Waals surface area contributed by atoms with Gasteiger partial charge in [-0.05, 0) is 54.4 Å². The second-order valence-electron chi connectivity index (χ2n) is 6.12. The molecule has 1 N–H and O–H groups in total. The van der Waals surface area contributed by atoms with Crippen LogP contribution in [0.4, 0.5) is 0 Å². The number of nitrogens with zero attached hydrogens (tertiary/aromatic N) is 2. The van der Waals surface area contributed by atoms with Gasteiger partial charge in [-0.2, -0.15) is 5.26 Å². The van der Waals surface area contributed by atoms with E-state index in [1.165, 1.54) is 6.20 Å². The summed E-state index contributed by atoms with van der Waals surface area (Å²) in [7, 11) is 0. The fourth-order valence-corrected chi connectivity index (χ4v) is 3.36. The van der Waals surface area contributed by atoms with Crippen molar-refractivity contribution in [3.63, 3.8) is 0 Å². The first-order valence-electron chi connectivity index (χ1n) is 8.27. The highest BCUT2D eigenvalue weighted by atomic mass is 35.5. The zero-order valence-electron chi connectivity index (χ0n) is 14.7. The molecule has 1 amide bonds. The van der Waals surface area contributed by atoms with Crippen LogP contribution >= 0.6 is 34.8 Å². The van der Waals surface area contributed by atoms with Crippen LogP contribution in [0.25, 0.3) is 0 Å². The van der Waals surface area contributed by atoms with Crippen LogP contribution in [0.5, 0.6) is 0 Å². The van der Waals surface area contributed by atoms with Gasteiger partial charge in [0.2, 0.25) is 0 Å². The summed E-state index contributed by atoms with van der Waals surface area (Å²) in [5, 5.41) is 13.3. The van der Waals surface area contributed by atoms with Crippen molar-refractivity contribution in [3.05, 3.63) is 97.7 Å². The summed E-state index contributed by atoms with van der Waals surface area (Å²) in [6.07, 6.45) is 1.48. The Morgan fingerprint density at radius 2 is 1.79 bits per heavy atom. The van der Waals surface area contributed by atoms with E-state index in [1.807, 2.05) is 0 Å². The molecule has 140 valence electrons. The molecule has 7 heteroatoms. The van der Waals surface area contributed by atoms with Crippen LogP contribution in [0, 0.1) is 18.3 Å². The Bertz CT molecular complexity index is 1080. The predicted octanol–water partition coefficient (Wildman–Crippen LogP) is 5.74. The molecule has 3 aromatic rings. The SMILES string of the molecule is Cc1cc(C(=O)NC(c2ccc(Cl)cc2)c2ncc(Cl)cc2Cl)ccc1C#N. The number of halogens is 3. The minimum absolute atomic E-state index is 0.319. The first-order valence-corrected chi connectivity index (χ1v) is 9.40. The van der Waals surface area contributed by atoms with E-state index < -0.39 is 6.04 Å². The molecule has 0 aliphatic carbocycles. The maximum absolute atomic E-state index is 12.9. The van der Waals surface area contributed by atoms with E-state index in [9.17, 15) is 4.79 Å². The summed E-state index contributed by atoms with van der Waals surface area (Å²) in [4.78, 5) is 17.2. The minimum Gasteiger partial charge on any atom is -0.339 e. The number of aromatic nitrogens is 1. The Kier molecular flexibility index (Phi) is 6.21. The number of nitrogens with one attached hydrogen (secondary N) is 1. The molecular formula is C21H14Cl3N3O. The summed E-state index contributed by atoms with van der Waals surface area (Å²) < 4.78 is 0. The monoisotopic (exact) mass is 429 g/mol. The van der Waals surface area contributed by atoms with Gasteiger partial charge in [0.25, 0.3) is 5.91 Å². The number of hydrogen-bond donors (Lipinski definition) is 1. The van der Waals surface area contributed by atoms with Crippen molar-refractivity contribution >= 4 is 40.7 Å². The molecule has 1 aromatic heterocycles. The summed E-state index contributed by atoms with van der Waals surface area (Å²) in [5.41, 5.74) is 2.90. The zero-order valence-corrected chi connectivity index (χ0v) is 17.0. The standard InChI is InChI=1S/C21H14Cl3N3O/c1-12-8-14(2-3-15(12)10-25)21(28)27-19(13-4-6-16(22)7-5-13)20-18(24)9-17(23)11-26-20/h2-9,11,19H,1H3,(H,27,28). The first kappa shape index (κ1) is 20.2. The second-order valence-corrected chi connectivity index (χ2v) is 7.40. The van der Waals surface area contributed by atoms with Gasteiger partial charge in [0.05, 0.1) is 33.4 Å². The van der Waals surface area contributed by atoms with Gasteiger partial charge in [0.1, 0.15) is 0 Å². The smallest absolute Gasteiger partial charge is 0.252 e.